The summed E-state index contributed by atoms with van der Waals surface area (Å²) in [4.78, 5) is 20.7. The van der Waals surface area contributed by atoms with Gasteiger partial charge in [0.25, 0.3) is 5.88 Å². The normalized spacial score (nSPS) is 11.8. The minimum atomic E-state index is 0.442. The largest absolute Gasteiger partial charge is 0.335 e. The quantitative estimate of drug-likeness (QED) is 0.332. The zero-order valence-electron chi connectivity index (χ0n) is 15.1. The fraction of sp³-hybridized carbons (Fsp3) is 0.263. The lowest BCUT2D eigenvalue weighted by Gasteiger charge is -2.08. The van der Waals surface area contributed by atoms with E-state index in [1.807, 2.05) is 44.3 Å². The maximum Gasteiger partial charge on any atom is 0.262 e. The Balaban J connectivity index is 1.82. The van der Waals surface area contributed by atoms with Crippen LogP contribution < -0.4 is 4.84 Å². The van der Waals surface area contributed by atoms with Crippen LogP contribution in [-0.4, -0.2) is 25.9 Å². The van der Waals surface area contributed by atoms with E-state index in [0.29, 0.717) is 11.1 Å². The van der Waals surface area contributed by atoms with Crippen LogP contribution in [0.4, 0.5) is 0 Å². The van der Waals surface area contributed by atoms with Crippen molar-refractivity contribution in [1.29, 1.82) is 0 Å². The lowest BCUT2D eigenvalue weighted by molar-refractivity contribution is 0.318. The average molecular weight is 385 g/mol. The molecule has 0 aliphatic carbocycles. The number of aromatic nitrogens is 3. The molecule has 7 heteroatoms. The molecular weight excluding hydrogens is 364 g/mol. The number of aryl methyl sites for hydroxylation is 1. The summed E-state index contributed by atoms with van der Waals surface area (Å²) in [5, 5.41) is 5.66. The Morgan fingerprint density at radius 2 is 2.04 bits per heavy atom. The SMILES string of the molecule is C/C(=N\Oc1ncccc1SC(C)C)c1sc(-c2cccnc2)nc1C. The summed E-state index contributed by atoms with van der Waals surface area (Å²) in [6, 6.07) is 7.81. The minimum absolute atomic E-state index is 0.442. The van der Waals surface area contributed by atoms with Gasteiger partial charge in [0.15, 0.2) is 0 Å². The fourth-order valence-electron chi connectivity index (χ4n) is 2.29. The van der Waals surface area contributed by atoms with Crippen LogP contribution in [0.3, 0.4) is 0 Å². The molecular formula is C19H20N4OS2. The summed E-state index contributed by atoms with van der Waals surface area (Å²) in [6.07, 6.45) is 5.28. The van der Waals surface area contributed by atoms with Gasteiger partial charge in [0.05, 0.1) is 21.2 Å². The highest BCUT2D eigenvalue weighted by atomic mass is 32.2. The maximum absolute atomic E-state index is 5.65. The Labute approximate surface area is 161 Å². The highest BCUT2D eigenvalue weighted by Gasteiger charge is 2.13. The summed E-state index contributed by atoms with van der Waals surface area (Å²) in [7, 11) is 0. The summed E-state index contributed by atoms with van der Waals surface area (Å²) < 4.78 is 0. The van der Waals surface area contributed by atoms with Gasteiger partial charge >= 0.3 is 0 Å². The molecule has 0 radical (unpaired) electrons. The van der Waals surface area contributed by atoms with E-state index in [1.54, 1.807) is 35.5 Å². The van der Waals surface area contributed by atoms with Crippen molar-refractivity contribution in [3.05, 3.63) is 53.4 Å². The maximum atomic E-state index is 5.65. The second-order valence-electron chi connectivity index (χ2n) is 5.92. The lowest BCUT2D eigenvalue weighted by atomic mass is 10.3. The third kappa shape index (κ3) is 4.47. The minimum Gasteiger partial charge on any atom is -0.335 e. The molecule has 3 aromatic heterocycles. The zero-order chi connectivity index (χ0) is 18.5. The third-order valence-corrected chi connectivity index (χ3v) is 5.75. The number of pyridine rings is 2. The Morgan fingerprint density at radius 1 is 1.23 bits per heavy atom. The standard InChI is InChI=1S/C19H20N4OS2/c1-12(2)25-16-8-6-10-21-18(16)24-23-14(4)17-13(3)22-19(26-17)15-7-5-9-20-11-15/h5-12H,1-4H3/b23-14+. The van der Waals surface area contributed by atoms with Crippen LogP contribution in [-0.2, 0) is 0 Å². The van der Waals surface area contributed by atoms with E-state index < -0.39 is 0 Å². The van der Waals surface area contributed by atoms with E-state index in [9.17, 15) is 0 Å². The van der Waals surface area contributed by atoms with Crippen molar-refractivity contribution in [1.82, 2.24) is 15.0 Å². The second kappa shape index (κ2) is 8.42. The Morgan fingerprint density at radius 3 is 2.77 bits per heavy atom. The number of oxime groups is 1. The van der Waals surface area contributed by atoms with Crippen LogP contribution in [0.2, 0.25) is 0 Å². The number of nitrogens with zero attached hydrogens (tertiary/aromatic N) is 4. The molecule has 26 heavy (non-hydrogen) atoms. The Hall–Kier alpha value is -2.25. The molecule has 0 amide bonds. The van der Waals surface area contributed by atoms with Crippen LogP contribution in [0, 0.1) is 6.92 Å². The van der Waals surface area contributed by atoms with Gasteiger partial charge < -0.3 is 4.84 Å². The monoisotopic (exact) mass is 384 g/mol. The molecule has 0 saturated heterocycles. The fourth-order valence-corrected chi connectivity index (χ4v) is 4.13. The van der Waals surface area contributed by atoms with Crippen molar-refractivity contribution in [3.8, 4) is 16.5 Å². The van der Waals surface area contributed by atoms with Crippen LogP contribution in [0.1, 0.15) is 31.3 Å². The molecule has 134 valence electrons. The molecule has 5 nitrogen and oxygen atoms in total. The van der Waals surface area contributed by atoms with E-state index >= 15 is 0 Å². The smallest absolute Gasteiger partial charge is 0.262 e. The first kappa shape index (κ1) is 18.5. The predicted molar refractivity (Wildman–Crippen MR) is 108 cm³/mol. The van der Waals surface area contributed by atoms with E-state index in [1.165, 1.54) is 0 Å². The van der Waals surface area contributed by atoms with Gasteiger partial charge in [-0.25, -0.2) is 9.97 Å². The zero-order valence-corrected chi connectivity index (χ0v) is 16.8. The van der Waals surface area contributed by atoms with E-state index in [-0.39, 0.29) is 0 Å². The van der Waals surface area contributed by atoms with E-state index in [4.69, 9.17) is 4.84 Å². The van der Waals surface area contributed by atoms with Crippen LogP contribution in [0.15, 0.2) is 52.9 Å². The Kier molecular flexibility index (Phi) is 6.00. The molecule has 3 heterocycles. The predicted octanol–water partition coefficient (Wildman–Crippen LogP) is 5.21. The number of thiazole rings is 1. The molecule has 0 fully saturated rings. The van der Waals surface area contributed by atoms with Gasteiger partial charge in [0.1, 0.15) is 5.01 Å². The second-order valence-corrected chi connectivity index (χ2v) is 8.53. The Bertz CT molecular complexity index is 907. The van der Waals surface area contributed by atoms with Gasteiger partial charge in [-0.3, -0.25) is 4.98 Å². The van der Waals surface area contributed by atoms with Crippen molar-refractivity contribution >= 4 is 28.8 Å². The molecule has 3 rings (SSSR count). The highest BCUT2D eigenvalue weighted by molar-refractivity contribution is 8.00. The summed E-state index contributed by atoms with van der Waals surface area (Å²) >= 11 is 3.29. The van der Waals surface area contributed by atoms with Crippen molar-refractivity contribution in [2.24, 2.45) is 5.16 Å². The molecule has 3 aromatic rings. The van der Waals surface area contributed by atoms with Gasteiger partial charge in [-0.2, -0.15) is 0 Å². The summed E-state index contributed by atoms with van der Waals surface area (Å²) in [6.45, 7) is 8.17. The van der Waals surface area contributed by atoms with Crippen molar-refractivity contribution in [2.45, 2.75) is 37.8 Å². The topological polar surface area (TPSA) is 60.3 Å². The van der Waals surface area contributed by atoms with Gasteiger partial charge in [0.2, 0.25) is 0 Å². The van der Waals surface area contributed by atoms with Crippen molar-refractivity contribution < 1.29 is 4.84 Å². The molecule has 0 aliphatic rings. The van der Waals surface area contributed by atoms with Crippen LogP contribution in [0.5, 0.6) is 5.88 Å². The highest BCUT2D eigenvalue weighted by Crippen LogP contribution is 2.31. The lowest BCUT2D eigenvalue weighted by Crippen LogP contribution is -1.99. The van der Waals surface area contributed by atoms with Gasteiger partial charge in [0, 0.05) is 29.4 Å². The van der Waals surface area contributed by atoms with Crippen molar-refractivity contribution in [3.63, 3.8) is 0 Å². The average Bonchev–Trinajstić information content (AvgIpc) is 3.03. The van der Waals surface area contributed by atoms with Gasteiger partial charge in [-0.1, -0.05) is 19.0 Å². The van der Waals surface area contributed by atoms with Crippen LogP contribution >= 0.6 is 23.1 Å². The molecule has 0 atom stereocenters. The van der Waals surface area contributed by atoms with Gasteiger partial charge in [-0.15, -0.1) is 23.1 Å². The molecule has 0 unspecified atom stereocenters. The number of hydrogen-bond donors (Lipinski definition) is 0. The first-order chi connectivity index (χ1) is 12.5. The first-order valence-corrected chi connectivity index (χ1v) is 9.95. The third-order valence-electron chi connectivity index (χ3n) is 3.40. The number of rotatable bonds is 6. The summed E-state index contributed by atoms with van der Waals surface area (Å²) in [5.41, 5.74) is 2.71. The van der Waals surface area contributed by atoms with E-state index in [0.717, 1.165) is 31.7 Å². The molecule has 0 aromatic carbocycles. The number of hydrogen-bond acceptors (Lipinski definition) is 7. The molecule has 0 saturated carbocycles. The van der Waals surface area contributed by atoms with E-state index in [2.05, 4.69) is 34.0 Å². The first-order valence-electron chi connectivity index (χ1n) is 8.26. The molecule has 0 bridgehead atoms. The summed E-state index contributed by atoms with van der Waals surface area (Å²) in [5.74, 6) is 0.528. The van der Waals surface area contributed by atoms with Crippen LogP contribution in [0.25, 0.3) is 10.6 Å². The van der Waals surface area contributed by atoms with Gasteiger partial charge in [-0.05, 0) is 38.1 Å². The molecule has 0 spiro atoms. The number of thioether (sulfide) groups is 1. The van der Waals surface area contributed by atoms with Crippen molar-refractivity contribution in [2.75, 3.05) is 0 Å². The molecule has 0 N–H and O–H groups in total. The molecule has 0 aliphatic heterocycles.